The van der Waals surface area contributed by atoms with E-state index in [4.69, 9.17) is 0 Å². The Morgan fingerprint density at radius 2 is 2.05 bits per heavy atom. The summed E-state index contributed by atoms with van der Waals surface area (Å²) in [6.45, 7) is 6.98. The van der Waals surface area contributed by atoms with Crippen LogP contribution in [0.3, 0.4) is 0 Å². The van der Waals surface area contributed by atoms with Crippen LogP contribution in [0, 0.1) is 12.8 Å². The molecular formula is C16H26N2O2S. The number of hydrogen-bond donors (Lipinski definition) is 3. The van der Waals surface area contributed by atoms with Crippen molar-refractivity contribution in [3.63, 3.8) is 0 Å². The van der Waals surface area contributed by atoms with Gasteiger partial charge in [-0.3, -0.25) is 0 Å². The summed E-state index contributed by atoms with van der Waals surface area (Å²) < 4.78 is 0. The molecule has 0 aliphatic rings. The number of nitrogens with one attached hydrogen (secondary N) is 2. The van der Waals surface area contributed by atoms with Crippen molar-refractivity contribution in [2.45, 2.75) is 44.7 Å². The van der Waals surface area contributed by atoms with Crippen molar-refractivity contribution in [1.29, 1.82) is 0 Å². The van der Waals surface area contributed by atoms with Gasteiger partial charge in [-0.25, -0.2) is 4.79 Å². The Bertz CT molecular complexity index is 464. The average molecular weight is 310 g/mol. The third kappa shape index (κ3) is 6.40. The van der Waals surface area contributed by atoms with Crippen molar-refractivity contribution >= 4 is 17.8 Å². The van der Waals surface area contributed by atoms with Gasteiger partial charge in [-0.05, 0) is 42.7 Å². The molecule has 0 aliphatic heterocycles. The molecule has 0 spiro atoms. The van der Waals surface area contributed by atoms with E-state index in [2.05, 4.69) is 23.6 Å². The van der Waals surface area contributed by atoms with E-state index in [0.29, 0.717) is 19.5 Å². The van der Waals surface area contributed by atoms with Crippen molar-refractivity contribution in [2.24, 2.45) is 5.92 Å². The first kappa shape index (κ1) is 17.9. The molecule has 0 saturated heterocycles. The van der Waals surface area contributed by atoms with Crippen molar-refractivity contribution in [3.8, 4) is 0 Å². The first-order valence-corrected chi connectivity index (χ1v) is 8.49. The molecule has 1 aromatic rings. The van der Waals surface area contributed by atoms with E-state index in [0.717, 1.165) is 5.56 Å². The van der Waals surface area contributed by atoms with Gasteiger partial charge in [0.25, 0.3) is 0 Å². The van der Waals surface area contributed by atoms with Crippen LogP contribution in [0.25, 0.3) is 0 Å². The maximum absolute atomic E-state index is 11.7. The Morgan fingerprint density at radius 3 is 2.67 bits per heavy atom. The van der Waals surface area contributed by atoms with Gasteiger partial charge in [0.15, 0.2) is 0 Å². The van der Waals surface area contributed by atoms with Crippen LogP contribution in [-0.2, 0) is 6.54 Å². The fourth-order valence-electron chi connectivity index (χ4n) is 1.90. The monoisotopic (exact) mass is 310 g/mol. The Kier molecular flexibility index (Phi) is 7.61. The molecule has 1 atom stereocenters. The van der Waals surface area contributed by atoms with Crippen molar-refractivity contribution < 1.29 is 9.90 Å². The minimum Gasteiger partial charge on any atom is -0.393 e. The number of aliphatic hydroxyl groups excluding tert-OH is 1. The highest BCUT2D eigenvalue weighted by atomic mass is 32.2. The van der Waals surface area contributed by atoms with Crippen LogP contribution < -0.4 is 10.6 Å². The topological polar surface area (TPSA) is 61.4 Å². The van der Waals surface area contributed by atoms with E-state index in [9.17, 15) is 9.90 Å². The van der Waals surface area contributed by atoms with E-state index in [-0.39, 0.29) is 18.1 Å². The van der Waals surface area contributed by atoms with Gasteiger partial charge in [-0.15, -0.1) is 11.8 Å². The Hall–Kier alpha value is -1.20. The lowest BCUT2D eigenvalue weighted by atomic mass is 10.0. The van der Waals surface area contributed by atoms with Gasteiger partial charge < -0.3 is 15.7 Å². The Labute approximate surface area is 131 Å². The molecule has 0 aliphatic carbocycles. The smallest absolute Gasteiger partial charge is 0.315 e. The van der Waals surface area contributed by atoms with Gasteiger partial charge in [-0.1, -0.05) is 26.0 Å². The van der Waals surface area contributed by atoms with Crippen LogP contribution >= 0.6 is 11.8 Å². The van der Waals surface area contributed by atoms with Crippen molar-refractivity contribution in [1.82, 2.24) is 10.6 Å². The Balaban J connectivity index is 2.36. The number of aryl methyl sites for hydroxylation is 1. The van der Waals surface area contributed by atoms with Crippen LogP contribution in [0.1, 0.15) is 31.4 Å². The second-order valence-corrected chi connectivity index (χ2v) is 6.37. The van der Waals surface area contributed by atoms with Crippen LogP contribution in [0.4, 0.5) is 4.79 Å². The second kappa shape index (κ2) is 8.95. The van der Waals surface area contributed by atoms with Crippen molar-refractivity contribution in [3.05, 3.63) is 29.3 Å². The zero-order chi connectivity index (χ0) is 15.8. The number of urea groups is 1. The molecule has 0 fully saturated rings. The maximum Gasteiger partial charge on any atom is 0.315 e. The van der Waals surface area contributed by atoms with Gasteiger partial charge in [0, 0.05) is 18.0 Å². The van der Waals surface area contributed by atoms with E-state index in [1.54, 1.807) is 11.8 Å². The molecule has 0 bridgehead atoms. The lowest BCUT2D eigenvalue weighted by Crippen LogP contribution is -2.37. The first-order chi connectivity index (χ1) is 9.93. The first-order valence-electron chi connectivity index (χ1n) is 7.27. The summed E-state index contributed by atoms with van der Waals surface area (Å²) in [4.78, 5) is 12.9. The van der Waals surface area contributed by atoms with E-state index in [1.807, 2.05) is 32.2 Å². The fourth-order valence-corrected chi connectivity index (χ4v) is 2.61. The zero-order valence-corrected chi connectivity index (χ0v) is 14.1. The number of carbonyl (C=O) groups excluding carboxylic acids is 1. The molecule has 0 saturated carbocycles. The third-order valence-corrected chi connectivity index (χ3v) is 4.20. The van der Waals surface area contributed by atoms with Crippen LogP contribution in [0.15, 0.2) is 23.1 Å². The summed E-state index contributed by atoms with van der Waals surface area (Å²) in [6, 6.07) is 6.02. The third-order valence-electron chi connectivity index (χ3n) is 3.38. The number of rotatable bonds is 7. The van der Waals surface area contributed by atoms with Crippen LogP contribution in [0.5, 0.6) is 0 Å². The largest absolute Gasteiger partial charge is 0.393 e. The molecule has 2 amide bonds. The predicted molar refractivity (Wildman–Crippen MR) is 88.7 cm³/mol. The quantitative estimate of drug-likeness (QED) is 0.679. The number of benzene rings is 1. The fraction of sp³-hybridized carbons (Fsp3) is 0.562. The SMILES string of the molecule is CSc1cc(C)ccc1CNC(=O)NCCC(O)C(C)C. The molecule has 5 heteroatoms. The predicted octanol–water partition coefficient (Wildman–Crippen LogP) is 2.92. The lowest BCUT2D eigenvalue weighted by Gasteiger charge is -2.15. The number of thioether (sulfide) groups is 1. The molecule has 0 aromatic heterocycles. The zero-order valence-electron chi connectivity index (χ0n) is 13.3. The molecule has 0 radical (unpaired) electrons. The van der Waals surface area contributed by atoms with Gasteiger partial charge in [0.1, 0.15) is 0 Å². The highest BCUT2D eigenvalue weighted by Gasteiger charge is 2.09. The second-order valence-electron chi connectivity index (χ2n) is 5.52. The molecule has 0 heterocycles. The number of aliphatic hydroxyl groups is 1. The summed E-state index contributed by atoms with van der Waals surface area (Å²) in [5.74, 6) is 0.214. The van der Waals surface area contributed by atoms with Gasteiger partial charge in [0.05, 0.1) is 6.10 Å². The lowest BCUT2D eigenvalue weighted by molar-refractivity contribution is 0.116. The number of carbonyl (C=O) groups is 1. The van der Waals surface area contributed by atoms with E-state index in [1.165, 1.54) is 10.5 Å². The number of hydrogen-bond acceptors (Lipinski definition) is 3. The molecule has 118 valence electrons. The van der Waals surface area contributed by atoms with Gasteiger partial charge >= 0.3 is 6.03 Å². The molecular weight excluding hydrogens is 284 g/mol. The maximum atomic E-state index is 11.7. The normalized spacial score (nSPS) is 12.3. The summed E-state index contributed by atoms with van der Waals surface area (Å²) in [7, 11) is 0. The molecule has 1 unspecified atom stereocenters. The highest BCUT2D eigenvalue weighted by molar-refractivity contribution is 7.98. The highest BCUT2D eigenvalue weighted by Crippen LogP contribution is 2.21. The summed E-state index contributed by atoms with van der Waals surface area (Å²) in [5.41, 5.74) is 2.33. The standard InChI is InChI=1S/C16H26N2O2S/c1-11(2)14(19)7-8-17-16(20)18-10-13-6-5-12(3)9-15(13)21-4/h5-6,9,11,14,19H,7-8,10H2,1-4H3,(H2,17,18,20). The molecule has 1 rings (SSSR count). The molecule has 3 N–H and O–H groups in total. The average Bonchev–Trinajstić information content (AvgIpc) is 2.45. The van der Waals surface area contributed by atoms with Crippen LogP contribution in [-0.4, -0.2) is 30.0 Å². The summed E-state index contributed by atoms with van der Waals surface area (Å²) in [6.07, 6.45) is 2.24. The van der Waals surface area contributed by atoms with E-state index < -0.39 is 0 Å². The van der Waals surface area contributed by atoms with Gasteiger partial charge in [-0.2, -0.15) is 0 Å². The minimum atomic E-state index is -0.370. The van der Waals surface area contributed by atoms with Crippen LogP contribution in [0.2, 0.25) is 0 Å². The summed E-state index contributed by atoms with van der Waals surface area (Å²) in [5, 5.41) is 15.3. The number of amides is 2. The Morgan fingerprint density at radius 1 is 1.33 bits per heavy atom. The summed E-state index contributed by atoms with van der Waals surface area (Å²) >= 11 is 1.68. The molecule has 4 nitrogen and oxygen atoms in total. The molecule has 21 heavy (non-hydrogen) atoms. The molecule has 1 aromatic carbocycles. The van der Waals surface area contributed by atoms with Crippen molar-refractivity contribution in [2.75, 3.05) is 12.8 Å². The van der Waals surface area contributed by atoms with E-state index >= 15 is 0 Å². The van der Waals surface area contributed by atoms with Gasteiger partial charge in [0.2, 0.25) is 0 Å². The minimum absolute atomic E-state index is 0.196.